The Morgan fingerprint density at radius 2 is 2.14 bits per heavy atom. The molecule has 0 radical (unpaired) electrons. The molecule has 2 aliphatic rings. The van der Waals surface area contributed by atoms with E-state index in [-0.39, 0.29) is 5.41 Å². The normalized spacial score (nSPS) is 19.1. The largest absolute Gasteiger partial charge is 0.454 e. The lowest BCUT2D eigenvalue weighted by Crippen LogP contribution is -2.41. The second-order valence-corrected chi connectivity index (χ2v) is 8.50. The van der Waals surface area contributed by atoms with Crippen molar-refractivity contribution in [2.75, 3.05) is 33.0 Å². The van der Waals surface area contributed by atoms with Crippen molar-refractivity contribution >= 4 is 5.96 Å². The van der Waals surface area contributed by atoms with Crippen molar-refractivity contribution in [2.24, 2.45) is 12.0 Å². The molecular weight excluding hydrogens is 366 g/mol. The zero-order valence-corrected chi connectivity index (χ0v) is 17.8. The van der Waals surface area contributed by atoms with Crippen molar-refractivity contribution in [3.63, 3.8) is 0 Å². The molecule has 0 amide bonds. The summed E-state index contributed by atoms with van der Waals surface area (Å²) in [5.74, 6) is 3.15. The summed E-state index contributed by atoms with van der Waals surface area (Å²) < 4.78 is 12.9. The highest BCUT2D eigenvalue weighted by atomic mass is 16.7. The molecule has 1 unspecified atom stereocenters. The van der Waals surface area contributed by atoms with Crippen LogP contribution in [-0.2, 0) is 12.5 Å². The zero-order chi connectivity index (χ0) is 20.4. The summed E-state index contributed by atoms with van der Waals surface area (Å²) in [5, 5.41) is 7.81. The molecule has 2 aliphatic heterocycles. The van der Waals surface area contributed by atoms with E-state index in [1.807, 2.05) is 24.0 Å². The third-order valence-electron chi connectivity index (χ3n) is 5.80. The molecule has 0 bridgehead atoms. The van der Waals surface area contributed by atoms with Crippen LogP contribution >= 0.6 is 0 Å². The van der Waals surface area contributed by atoms with Crippen LogP contribution in [0.15, 0.2) is 35.6 Å². The van der Waals surface area contributed by atoms with Crippen LogP contribution in [0.5, 0.6) is 11.5 Å². The molecule has 1 atom stereocenters. The SMILES string of the molecule is CCNC(=NCC(C)(C)c1ccc2c(c1)OCO2)N1CCC(c2cnn(C)c2)C1. The Balaban J connectivity index is 1.46. The number of aryl methyl sites for hydroxylation is 1. The number of fused-ring (bicyclic) bond motifs is 1. The van der Waals surface area contributed by atoms with E-state index in [4.69, 9.17) is 14.5 Å². The number of guanidine groups is 1. The number of nitrogens with zero attached hydrogens (tertiary/aromatic N) is 4. The highest BCUT2D eigenvalue weighted by Gasteiger charge is 2.28. The van der Waals surface area contributed by atoms with Gasteiger partial charge in [-0.25, -0.2) is 0 Å². The molecule has 1 aromatic heterocycles. The highest BCUT2D eigenvalue weighted by molar-refractivity contribution is 5.80. The van der Waals surface area contributed by atoms with E-state index in [2.05, 4.69) is 54.4 Å². The summed E-state index contributed by atoms with van der Waals surface area (Å²) in [6, 6.07) is 6.19. The Bertz CT molecular complexity index is 889. The average molecular weight is 398 g/mol. The number of aliphatic imine (C=N–C) groups is 1. The van der Waals surface area contributed by atoms with Crippen molar-refractivity contribution in [3.05, 3.63) is 41.7 Å². The molecular formula is C22H31N5O2. The Morgan fingerprint density at radius 1 is 1.31 bits per heavy atom. The highest BCUT2D eigenvalue weighted by Crippen LogP contribution is 2.36. The van der Waals surface area contributed by atoms with Crippen LogP contribution in [0.3, 0.4) is 0 Å². The van der Waals surface area contributed by atoms with Gasteiger partial charge in [-0.1, -0.05) is 19.9 Å². The van der Waals surface area contributed by atoms with E-state index in [0.29, 0.717) is 19.3 Å². The van der Waals surface area contributed by atoms with Crippen LogP contribution in [0.1, 0.15) is 44.2 Å². The first-order chi connectivity index (χ1) is 14.0. The molecule has 0 aliphatic carbocycles. The van der Waals surface area contributed by atoms with Crippen LogP contribution < -0.4 is 14.8 Å². The first-order valence-electron chi connectivity index (χ1n) is 10.4. The third-order valence-corrected chi connectivity index (χ3v) is 5.80. The van der Waals surface area contributed by atoms with E-state index in [9.17, 15) is 0 Å². The van der Waals surface area contributed by atoms with Crippen molar-refractivity contribution in [2.45, 2.75) is 38.5 Å². The molecule has 0 saturated carbocycles. The minimum Gasteiger partial charge on any atom is -0.454 e. The third kappa shape index (κ3) is 4.18. The van der Waals surface area contributed by atoms with E-state index >= 15 is 0 Å². The number of hydrogen-bond acceptors (Lipinski definition) is 4. The first-order valence-corrected chi connectivity index (χ1v) is 10.4. The summed E-state index contributed by atoms with van der Waals surface area (Å²) in [5.41, 5.74) is 2.41. The molecule has 1 N–H and O–H groups in total. The van der Waals surface area contributed by atoms with E-state index in [1.54, 1.807) is 0 Å². The van der Waals surface area contributed by atoms with Crippen molar-refractivity contribution in [1.82, 2.24) is 20.0 Å². The van der Waals surface area contributed by atoms with Crippen LogP contribution in [0.25, 0.3) is 0 Å². The second-order valence-electron chi connectivity index (χ2n) is 8.50. The molecule has 1 fully saturated rings. The van der Waals surface area contributed by atoms with Gasteiger partial charge in [-0.05, 0) is 36.6 Å². The maximum atomic E-state index is 5.55. The number of benzene rings is 1. The van der Waals surface area contributed by atoms with Gasteiger partial charge in [0.25, 0.3) is 0 Å². The van der Waals surface area contributed by atoms with Crippen molar-refractivity contribution in [3.8, 4) is 11.5 Å². The Hall–Kier alpha value is -2.70. The molecule has 0 spiro atoms. The lowest BCUT2D eigenvalue weighted by Gasteiger charge is -2.26. The number of likely N-dealkylation sites (tertiary alicyclic amines) is 1. The van der Waals surface area contributed by atoms with Gasteiger partial charge in [0.05, 0.1) is 12.7 Å². The lowest BCUT2D eigenvalue weighted by molar-refractivity contribution is 0.174. The van der Waals surface area contributed by atoms with Gasteiger partial charge in [0, 0.05) is 44.2 Å². The molecule has 1 aromatic carbocycles. The first kappa shape index (κ1) is 19.6. The van der Waals surface area contributed by atoms with Crippen LogP contribution in [0.2, 0.25) is 0 Å². The molecule has 156 valence electrons. The molecule has 1 saturated heterocycles. The van der Waals surface area contributed by atoms with Gasteiger partial charge in [-0.3, -0.25) is 9.67 Å². The number of aromatic nitrogens is 2. The topological polar surface area (TPSA) is 63.9 Å². The summed E-state index contributed by atoms with van der Waals surface area (Å²) in [7, 11) is 1.97. The molecule has 7 nitrogen and oxygen atoms in total. The van der Waals surface area contributed by atoms with Gasteiger partial charge in [0.15, 0.2) is 17.5 Å². The van der Waals surface area contributed by atoms with Gasteiger partial charge in [0.2, 0.25) is 6.79 Å². The van der Waals surface area contributed by atoms with Gasteiger partial charge in [-0.2, -0.15) is 5.10 Å². The fraction of sp³-hybridized carbons (Fsp3) is 0.545. The number of nitrogens with one attached hydrogen (secondary N) is 1. The van der Waals surface area contributed by atoms with Crippen molar-refractivity contribution in [1.29, 1.82) is 0 Å². The molecule has 4 rings (SSSR count). The Labute approximate surface area is 172 Å². The summed E-state index contributed by atoms with van der Waals surface area (Å²) in [6.45, 7) is 10.4. The van der Waals surface area contributed by atoms with E-state index in [1.165, 1.54) is 11.1 Å². The smallest absolute Gasteiger partial charge is 0.231 e. The quantitative estimate of drug-likeness (QED) is 0.621. The maximum absolute atomic E-state index is 5.55. The fourth-order valence-corrected chi connectivity index (χ4v) is 3.98. The van der Waals surface area contributed by atoms with Crippen LogP contribution in [0.4, 0.5) is 0 Å². The molecule has 29 heavy (non-hydrogen) atoms. The number of rotatable bonds is 5. The van der Waals surface area contributed by atoms with Crippen LogP contribution in [-0.4, -0.2) is 53.6 Å². The lowest BCUT2D eigenvalue weighted by atomic mass is 9.84. The van der Waals surface area contributed by atoms with Gasteiger partial charge >= 0.3 is 0 Å². The molecule has 7 heteroatoms. The fourth-order valence-electron chi connectivity index (χ4n) is 3.98. The predicted molar refractivity (Wildman–Crippen MR) is 114 cm³/mol. The zero-order valence-electron chi connectivity index (χ0n) is 17.8. The van der Waals surface area contributed by atoms with Gasteiger partial charge in [-0.15, -0.1) is 0 Å². The summed E-state index contributed by atoms with van der Waals surface area (Å²) >= 11 is 0. The molecule has 3 heterocycles. The maximum Gasteiger partial charge on any atom is 0.231 e. The number of hydrogen-bond donors (Lipinski definition) is 1. The Morgan fingerprint density at radius 3 is 2.90 bits per heavy atom. The average Bonchev–Trinajstić information content (AvgIpc) is 3.44. The summed E-state index contributed by atoms with van der Waals surface area (Å²) in [6.07, 6.45) is 5.24. The van der Waals surface area contributed by atoms with Crippen LogP contribution in [0, 0.1) is 0 Å². The van der Waals surface area contributed by atoms with E-state index in [0.717, 1.165) is 43.5 Å². The molecule has 2 aromatic rings. The minimum atomic E-state index is -0.107. The van der Waals surface area contributed by atoms with Crippen molar-refractivity contribution < 1.29 is 9.47 Å². The summed E-state index contributed by atoms with van der Waals surface area (Å²) in [4.78, 5) is 7.38. The minimum absolute atomic E-state index is 0.107. The van der Waals surface area contributed by atoms with Gasteiger partial charge in [0.1, 0.15) is 0 Å². The standard InChI is InChI=1S/C22H31N5O2/c1-5-23-21(27-9-8-16(13-27)17-11-25-26(4)12-17)24-14-22(2,3)18-6-7-19-20(10-18)29-15-28-19/h6-7,10-12,16H,5,8-9,13-15H2,1-4H3,(H,23,24). The Kier molecular flexibility index (Phi) is 5.39. The van der Waals surface area contributed by atoms with Gasteiger partial charge < -0.3 is 19.7 Å². The number of ether oxygens (including phenoxy) is 2. The second kappa shape index (κ2) is 7.97. The predicted octanol–water partition coefficient (Wildman–Crippen LogP) is 2.88. The monoisotopic (exact) mass is 397 g/mol. The van der Waals surface area contributed by atoms with E-state index < -0.39 is 0 Å².